The maximum absolute atomic E-state index is 10.8. The molecule has 2 atom stereocenters. The van der Waals surface area contributed by atoms with Crippen LogP contribution in [0.4, 0.5) is 0 Å². The van der Waals surface area contributed by atoms with E-state index in [1.807, 2.05) is 4.90 Å². The smallest absolute Gasteiger partial charge is 0.317 e. The van der Waals surface area contributed by atoms with E-state index in [2.05, 4.69) is 12.2 Å². The van der Waals surface area contributed by atoms with E-state index < -0.39 is 5.97 Å². The van der Waals surface area contributed by atoms with Crippen molar-refractivity contribution in [1.82, 2.24) is 10.2 Å². The third kappa shape index (κ3) is 5.80. The average molecular weight is 258 g/mol. The van der Waals surface area contributed by atoms with Crippen molar-refractivity contribution in [3.8, 4) is 0 Å². The summed E-state index contributed by atoms with van der Waals surface area (Å²) in [5, 5.41) is 21.1. The standard InChI is InChI=1S/C13H26N2O3/c1-2-4-11-7-12(14-5-3-6-16)9-15(8-11)10-13(17)18/h11-12,14,16H,2-10H2,1H3,(H,17,18). The van der Waals surface area contributed by atoms with Crippen LogP contribution in [0.5, 0.6) is 0 Å². The number of nitrogens with one attached hydrogen (secondary N) is 1. The van der Waals surface area contributed by atoms with Crippen molar-refractivity contribution in [2.24, 2.45) is 5.92 Å². The topological polar surface area (TPSA) is 72.8 Å². The normalized spacial score (nSPS) is 25.2. The summed E-state index contributed by atoms with van der Waals surface area (Å²) < 4.78 is 0. The quantitative estimate of drug-likeness (QED) is 0.554. The molecule has 1 fully saturated rings. The Morgan fingerprint density at radius 2 is 2.22 bits per heavy atom. The van der Waals surface area contributed by atoms with Crippen LogP contribution in [0.15, 0.2) is 0 Å². The van der Waals surface area contributed by atoms with Gasteiger partial charge in [-0.1, -0.05) is 13.3 Å². The van der Waals surface area contributed by atoms with Gasteiger partial charge in [-0.3, -0.25) is 9.69 Å². The van der Waals surface area contributed by atoms with Crippen molar-refractivity contribution in [2.45, 2.75) is 38.6 Å². The molecule has 0 aromatic rings. The second-order valence-corrected chi connectivity index (χ2v) is 5.21. The van der Waals surface area contributed by atoms with E-state index in [-0.39, 0.29) is 13.2 Å². The number of carboxylic acids is 1. The number of aliphatic carboxylic acids is 1. The highest BCUT2D eigenvalue weighted by atomic mass is 16.4. The van der Waals surface area contributed by atoms with Crippen LogP contribution in [0.1, 0.15) is 32.6 Å². The first-order chi connectivity index (χ1) is 8.65. The SMILES string of the molecule is CCCC1CC(NCCCO)CN(CC(=O)O)C1. The van der Waals surface area contributed by atoms with Crippen LogP contribution in [0.2, 0.25) is 0 Å². The Balaban J connectivity index is 2.42. The summed E-state index contributed by atoms with van der Waals surface area (Å²) in [6.07, 6.45) is 4.19. The van der Waals surface area contributed by atoms with E-state index in [9.17, 15) is 4.79 Å². The summed E-state index contributed by atoms with van der Waals surface area (Å²) in [6.45, 7) is 5.02. The molecule has 106 valence electrons. The molecule has 1 aliphatic rings. The molecule has 0 spiro atoms. The third-order valence-electron chi connectivity index (χ3n) is 3.44. The number of piperidine rings is 1. The van der Waals surface area contributed by atoms with Crippen LogP contribution in [0.25, 0.3) is 0 Å². The molecule has 1 heterocycles. The van der Waals surface area contributed by atoms with Gasteiger partial charge in [0.2, 0.25) is 0 Å². The summed E-state index contributed by atoms with van der Waals surface area (Å²) in [4.78, 5) is 12.8. The third-order valence-corrected chi connectivity index (χ3v) is 3.44. The molecule has 0 bridgehead atoms. The molecule has 2 unspecified atom stereocenters. The number of rotatable bonds is 8. The first-order valence-electron chi connectivity index (χ1n) is 6.94. The lowest BCUT2D eigenvalue weighted by Crippen LogP contribution is -2.50. The molecule has 1 saturated heterocycles. The number of hydrogen-bond donors (Lipinski definition) is 3. The van der Waals surface area contributed by atoms with E-state index in [0.29, 0.717) is 12.0 Å². The van der Waals surface area contributed by atoms with Gasteiger partial charge in [0.05, 0.1) is 6.54 Å². The molecule has 0 aromatic carbocycles. The lowest BCUT2D eigenvalue weighted by molar-refractivity contribution is -0.138. The molecule has 0 aromatic heterocycles. The predicted octanol–water partition coefficient (Wildman–Crippen LogP) is 0.534. The molecular formula is C13H26N2O3. The van der Waals surface area contributed by atoms with Crippen LogP contribution < -0.4 is 5.32 Å². The molecule has 0 saturated carbocycles. The van der Waals surface area contributed by atoms with Crippen molar-refractivity contribution in [1.29, 1.82) is 0 Å². The Labute approximate surface area is 109 Å². The monoisotopic (exact) mass is 258 g/mol. The second kappa shape index (κ2) is 8.45. The van der Waals surface area contributed by atoms with Crippen molar-refractivity contribution >= 4 is 5.97 Å². The first-order valence-corrected chi connectivity index (χ1v) is 6.94. The lowest BCUT2D eigenvalue weighted by Gasteiger charge is -2.37. The summed E-state index contributed by atoms with van der Waals surface area (Å²) in [7, 11) is 0. The summed E-state index contributed by atoms with van der Waals surface area (Å²) >= 11 is 0. The summed E-state index contributed by atoms with van der Waals surface area (Å²) in [5.74, 6) is -0.156. The Hall–Kier alpha value is -0.650. The molecule has 0 aliphatic carbocycles. The lowest BCUT2D eigenvalue weighted by atomic mass is 9.90. The zero-order valence-electron chi connectivity index (χ0n) is 11.3. The highest BCUT2D eigenvalue weighted by molar-refractivity contribution is 5.69. The van der Waals surface area contributed by atoms with Gasteiger partial charge in [-0.25, -0.2) is 0 Å². The van der Waals surface area contributed by atoms with Crippen LogP contribution in [-0.2, 0) is 4.79 Å². The minimum absolute atomic E-state index is 0.137. The highest BCUT2D eigenvalue weighted by Crippen LogP contribution is 2.21. The van der Waals surface area contributed by atoms with Gasteiger partial charge in [0, 0.05) is 25.7 Å². The van der Waals surface area contributed by atoms with Gasteiger partial charge in [0.15, 0.2) is 0 Å². The Morgan fingerprint density at radius 3 is 2.83 bits per heavy atom. The highest BCUT2D eigenvalue weighted by Gasteiger charge is 2.27. The number of carboxylic acid groups (broad SMARTS) is 1. The van der Waals surface area contributed by atoms with E-state index in [1.54, 1.807) is 0 Å². The van der Waals surface area contributed by atoms with E-state index in [0.717, 1.165) is 45.3 Å². The fraction of sp³-hybridized carbons (Fsp3) is 0.923. The van der Waals surface area contributed by atoms with Gasteiger partial charge >= 0.3 is 5.97 Å². The van der Waals surface area contributed by atoms with Crippen LogP contribution >= 0.6 is 0 Å². The molecule has 1 aliphatic heterocycles. The van der Waals surface area contributed by atoms with Crippen molar-refractivity contribution in [2.75, 3.05) is 32.8 Å². The minimum Gasteiger partial charge on any atom is -0.480 e. The molecule has 1 rings (SSSR count). The molecule has 18 heavy (non-hydrogen) atoms. The Kier molecular flexibility index (Phi) is 7.23. The minimum atomic E-state index is -0.749. The van der Waals surface area contributed by atoms with Crippen LogP contribution in [0.3, 0.4) is 0 Å². The van der Waals surface area contributed by atoms with Gasteiger partial charge in [-0.2, -0.15) is 0 Å². The fourth-order valence-corrected chi connectivity index (χ4v) is 2.77. The van der Waals surface area contributed by atoms with Gasteiger partial charge in [0.1, 0.15) is 0 Å². The number of likely N-dealkylation sites (tertiary alicyclic amines) is 1. The van der Waals surface area contributed by atoms with Crippen molar-refractivity contribution in [3.63, 3.8) is 0 Å². The Morgan fingerprint density at radius 1 is 1.44 bits per heavy atom. The first kappa shape index (κ1) is 15.4. The fourth-order valence-electron chi connectivity index (χ4n) is 2.77. The van der Waals surface area contributed by atoms with E-state index >= 15 is 0 Å². The van der Waals surface area contributed by atoms with Crippen molar-refractivity contribution in [3.05, 3.63) is 0 Å². The number of nitrogens with zero attached hydrogens (tertiary/aromatic N) is 1. The zero-order valence-corrected chi connectivity index (χ0v) is 11.3. The summed E-state index contributed by atoms with van der Waals surface area (Å²) in [5.41, 5.74) is 0. The number of aliphatic hydroxyl groups excluding tert-OH is 1. The summed E-state index contributed by atoms with van der Waals surface area (Å²) in [6, 6.07) is 0.362. The number of hydrogen-bond acceptors (Lipinski definition) is 4. The van der Waals surface area contributed by atoms with Gasteiger partial charge in [0.25, 0.3) is 0 Å². The number of carbonyl (C=O) groups is 1. The maximum atomic E-state index is 10.8. The molecular weight excluding hydrogens is 232 g/mol. The average Bonchev–Trinajstić information content (AvgIpc) is 2.28. The molecule has 5 heteroatoms. The van der Waals surface area contributed by atoms with Crippen molar-refractivity contribution < 1.29 is 15.0 Å². The van der Waals surface area contributed by atoms with Gasteiger partial charge in [-0.15, -0.1) is 0 Å². The molecule has 3 N–H and O–H groups in total. The predicted molar refractivity (Wildman–Crippen MR) is 70.6 cm³/mol. The van der Waals surface area contributed by atoms with E-state index in [4.69, 9.17) is 10.2 Å². The molecule has 5 nitrogen and oxygen atoms in total. The van der Waals surface area contributed by atoms with Crippen LogP contribution in [-0.4, -0.2) is 59.9 Å². The maximum Gasteiger partial charge on any atom is 0.317 e. The van der Waals surface area contributed by atoms with E-state index in [1.165, 1.54) is 0 Å². The largest absolute Gasteiger partial charge is 0.480 e. The molecule has 0 amide bonds. The zero-order chi connectivity index (χ0) is 13.4. The Bertz CT molecular complexity index is 248. The van der Waals surface area contributed by atoms with Crippen LogP contribution in [0, 0.1) is 5.92 Å². The number of aliphatic hydroxyl groups is 1. The van der Waals surface area contributed by atoms with Gasteiger partial charge < -0.3 is 15.5 Å². The molecule has 0 radical (unpaired) electrons. The van der Waals surface area contributed by atoms with Gasteiger partial charge in [-0.05, 0) is 31.7 Å². The second-order valence-electron chi connectivity index (χ2n) is 5.21.